The molecule has 8 nitrogen and oxygen atoms in total. The number of ether oxygens (including phenoxy) is 2. The summed E-state index contributed by atoms with van der Waals surface area (Å²) in [5.74, 6) is -3.40. The van der Waals surface area contributed by atoms with Crippen LogP contribution >= 0.6 is 0 Å². The Labute approximate surface area is 151 Å². The molecule has 136 valence electrons. The van der Waals surface area contributed by atoms with E-state index in [4.69, 9.17) is 9.47 Å². The summed E-state index contributed by atoms with van der Waals surface area (Å²) in [7, 11) is 1.11. The summed E-state index contributed by atoms with van der Waals surface area (Å²) in [5, 5.41) is 40.2. The minimum Gasteiger partial charge on any atom is -0.504 e. The molecule has 0 amide bonds. The van der Waals surface area contributed by atoms with Gasteiger partial charge in [-0.15, -0.1) is 0 Å². The van der Waals surface area contributed by atoms with E-state index in [0.717, 1.165) is 19.2 Å². The first-order valence-corrected chi connectivity index (χ1v) is 7.72. The van der Waals surface area contributed by atoms with Crippen molar-refractivity contribution in [1.29, 1.82) is 0 Å². The Balaban J connectivity index is 2.28. The number of esters is 1. The average Bonchev–Trinajstić information content (AvgIpc) is 2.64. The highest BCUT2D eigenvalue weighted by Gasteiger charge is 2.32. The fourth-order valence-electron chi connectivity index (χ4n) is 3.26. The molecule has 3 aromatic carbocycles. The molecule has 4 rings (SSSR count). The zero-order valence-corrected chi connectivity index (χ0v) is 13.8. The van der Waals surface area contributed by atoms with Crippen LogP contribution in [0.2, 0.25) is 0 Å². The molecule has 1 aliphatic heterocycles. The first-order chi connectivity index (χ1) is 12.8. The van der Waals surface area contributed by atoms with Crippen LogP contribution in [-0.2, 0) is 4.74 Å². The second-order valence-corrected chi connectivity index (χ2v) is 5.92. The molecule has 3 aromatic rings. The van der Waals surface area contributed by atoms with Gasteiger partial charge in [-0.05, 0) is 23.6 Å². The van der Waals surface area contributed by atoms with Gasteiger partial charge in [0.05, 0.1) is 18.2 Å². The average molecular weight is 368 g/mol. The predicted octanol–water partition coefficient (Wildman–Crippen LogP) is 3.21. The van der Waals surface area contributed by atoms with Crippen molar-refractivity contribution in [3.8, 4) is 39.9 Å². The highest BCUT2D eigenvalue weighted by molar-refractivity contribution is 6.18. The molecule has 0 fully saturated rings. The van der Waals surface area contributed by atoms with Crippen LogP contribution in [0.5, 0.6) is 28.7 Å². The van der Waals surface area contributed by atoms with Gasteiger partial charge < -0.3 is 29.9 Å². The summed E-state index contributed by atoms with van der Waals surface area (Å²) >= 11 is 0. The van der Waals surface area contributed by atoms with Crippen molar-refractivity contribution in [2.45, 2.75) is 0 Å². The minimum absolute atomic E-state index is 0.00202. The normalized spacial score (nSPS) is 11.6. The fraction of sp³-hybridized carbons (Fsp3) is 0.0526. The van der Waals surface area contributed by atoms with E-state index in [2.05, 4.69) is 0 Å². The number of hydrogen-bond donors (Lipinski definition) is 4. The topological polar surface area (TPSA) is 134 Å². The lowest BCUT2D eigenvalue weighted by Gasteiger charge is -2.25. The second-order valence-electron chi connectivity index (χ2n) is 5.92. The molecule has 0 aliphatic carbocycles. The van der Waals surface area contributed by atoms with Crippen LogP contribution in [-0.4, -0.2) is 39.5 Å². The van der Waals surface area contributed by atoms with Crippen molar-refractivity contribution in [1.82, 2.24) is 0 Å². The molecule has 0 saturated heterocycles. The maximum Gasteiger partial charge on any atom is 0.339 e. The zero-order valence-electron chi connectivity index (χ0n) is 13.8. The third kappa shape index (κ3) is 2.23. The molecule has 0 saturated carbocycles. The van der Waals surface area contributed by atoms with Crippen molar-refractivity contribution in [3.63, 3.8) is 0 Å². The maximum absolute atomic E-state index is 12.4. The molecule has 4 N–H and O–H groups in total. The van der Waals surface area contributed by atoms with E-state index in [1.807, 2.05) is 0 Å². The largest absolute Gasteiger partial charge is 0.504 e. The Bertz CT molecular complexity index is 1160. The van der Waals surface area contributed by atoms with Crippen LogP contribution in [0.1, 0.15) is 20.7 Å². The molecule has 0 aromatic heterocycles. The Kier molecular flexibility index (Phi) is 3.38. The van der Waals surface area contributed by atoms with E-state index in [1.54, 1.807) is 0 Å². The van der Waals surface area contributed by atoms with Crippen LogP contribution in [0.15, 0.2) is 30.3 Å². The van der Waals surface area contributed by atoms with Crippen LogP contribution in [0, 0.1) is 0 Å². The van der Waals surface area contributed by atoms with Crippen molar-refractivity contribution in [2.24, 2.45) is 0 Å². The van der Waals surface area contributed by atoms with E-state index in [-0.39, 0.29) is 44.9 Å². The number of aromatic carboxylic acids is 1. The number of carbonyl (C=O) groups excluding carboxylic acids is 1. The number of benzene rings is 3. The SMILES string of the molecule is COC(=O)c1c(C(=O)O)cc2ccc(O)c3c2c1-c1cc(O)c(O)cc1O3. The van der Waals surface area contributed by atoms with E-state index in [1.165, 1.54) is 18.2 Å². The number of fused-ring (bicyclic) bond motifs is 2. The molecule has 1 aliphatic rings. The van der Waals surface area contributed by atoms with Crippen LogP contribution < -0.4 is 4.74 Å². The van der Waals surface area contributed by atoms with Crippen LogP contribution in [0.4, 0.5) is 0 Å². The molecular formula is C19H12O8. The van der Waals surface area contributed by atoms with Gasteiger partial charge in [0.15, 0.2) is 23.0 Å². The van der Waals surface area contributed by atoms with Gasteiger partial charge in [-0.25, -0.2) is 9.59 Å². The Morgan fingerprint density at radius 2 is 1.70 bits per heavy atom. The first-order valence-electron chi connectivity index (χ1n) is 7.72. The quantitative estimate of drug-likeness (QED) is 0.313. The molecule has 8 heteroatoms. The Hall–Kier alpha value is -3.94. The highest BCUT2D eigenvalue weighted by atomic mass is 16.5. The number of aromatic hydroxyl groups is 3. The standard InChI is InChI=1S/C19H12O8/c1-26-19(25)16-9(18(23)24)4-7-2-3-10(20)17-14(7)15(16)8-5-11(21)12(22)6-13(8)27-17/h2-6,20-22H,1H3,(H,23,24). The van der Waals surface area contributed by atoms with Gasteiger partial charge in [0.25, 0.3) is 0 Å². The lowest BCUT2D eigenvalue weighted by atomic mass is 9.87. The number of methoxy groups -OCH3 is 1. The van der Waals surface area contributed by atoms with Gasteiger partial charge >= 0.3 is 11.9 Å². The zero-order chi connectivity index (χ0) is 19.5. The number of rotatable bonds is 2. The van der Waals surface area contributed by atoms with Crippen LogP contribution in [0.3, 0.4) is 0 Å². The second kappa shape index (κ2) is 5.53. The maximum atomic E-state index is 12.4. The van der Waals surface area contributed by atoms with Gasteiger partial charge in [0, 0.05) is 22.6 Å². The molecule has 1 heterocycles. The summed E-state index contributed by atoms with van der Waals surface area (Å²) in [6, 6.07) is 6.37. The number of phenolic OH excluding ortho intramolecular Hbond substituents is 3. The van der Waals surface area contributed by atoms with Crippen molar-refractivity contribution in [2.75, 3.05) is 7.11 Å². The number of carboxylic acid groups (broad SMARTS) is 1. The summed E-state index contributed by atoms with van der Waals surface area (Å²) in [4.78, 5) is 24.2. The van der Waals surface area contributed by atoms with Gasteiger partial charge in [-0.1, -0.05) is 6.07 Å². The van der Waals surface area contributed by atoms with Gasteiger partial charge in [-0.3, -0.25) is 0 Å². The number of phenols is 3. The lowest BCUT2D eigenvalue weighted by Crippen LogP contribution is -2.14. The minimum atomic E-state index is -1.35. The van der Waals surface area contributed by atoms with E-state index in [0.29, 0.717) is 5.39 Å². The lowest BCUT2D eigenvalue weighted by molar-refractivity contribution is 0.0584. The third-order valence-electron chi connectivity index (χ3n) is 4.42. The van der Waals surface area contributed by atoms with Crippen molar-refractivity contribution >= 4 is 22.7 Å². The monoisotopic (exact) mass is 368 g/mol. The van der Waals surface area contributed by atoms with Crippen LogP contribution in [0.25, 0.3) is 21.9 Å². The third-order valence-corrected chi connectivity index (χ3v) is 4.42. The smallest absolute Gasteiger partial charge is 0.339 e. The summed E-state index contributed by atoms with van der Waals surface area (Å²) in [6.45, 7) is 0. The molecule has 0 radical (unpaired) electrons. The first kappa shape index (κ1) is 16.5. The van der Waals surface area contributed by atoms with Crippen molar-refractivity contribution < 1.29 is 39.5 Å². The number of carboxylic acids is 1. The Morgan fingerprint density at radius 3 is 2.37 bits per heavy atom. The highest BCUT2D eigenvalue weighted by Crippen LogP contribution is 2.54. The number of carbonyl (C=O) groups is 2. The van der Waals surface area contributed by atoms with Crippen molar-refractivity contribution in [3.05, 3.63) is 41.5 Å². The fourth-order valence-corrected chi connectivity index (χ4v) is 3.26. The molecule has 0 spiro atoms. The van der Waals surface area contributed by atoms with E-state index in [9.17, 15) is 30.0 Å². The summed E-state index contributed by atoms with van der Waals surface area (Å²) in [5.41, 5.74) is -0.253. The number of hydrogen-bond acceptors (Lipinski definition) is 7. The molecule has 0 unspecified atom stereocenters. The van der Waals surface area contributed by atoms with E-state index >= 15 is 0 Å². The van der Waals surface area contributed by atoms with Gasteiger partial charge in [0.1, 0.15) is 5.75 Å². The van der Waals surface area contributed by atoms with E-state index < -0.39 is 23.4 Å². The molecule has 27 heavy (non-hydrogen) atoms. The summed E-state index contributed by atoms with van der Waals surface area (Å²) < 4.78 is 10.4. The molecule has 0 bridgehead atoms. The molecular weight excluding hydrogens is 356 g/mol. The molecule has 0 atom stereocenters. The van der Waals surface area contributed by atoms with Gasteiger partial charge in [-0.2, -0.15) is 0 Å². The van der Waals surface area contributed by atoms with Gasteiger partial charge in [0.2, 0.25) is 0 Å². The predicted molar refractivity (Wildman–Crippen MR) is 92.8 cm³/mol. The summed E-state index contributed by atoms with van der Waals surface area (Å²) in [6.07, 6.45) is 0. The Morgan fingerprint density at radius 1 is 1.00 bits per heavy atom.